The van der Waals surface area contributed by atoms with E-state index in [1.165, 1.54) is 12.8 Å². The van der Waals surface area contributed by atoms with Gasteiger partial charge in [0.05, 0.1) is 22.5 Å². The molecule has 0 radical (unpaired) electrons. The van der Waals surface area contributed by atoms with Gasteiger partial charge >= 0.3 is 0 Å². The summed E-state index contributed by atoms with van der Waals surface area (Å²) in [5, 5.41) is 2.98. The number of nitrogens with one attached hydrogen (secondary N) is 1. The molecular weight excluding hydrogens is 422 g/mol. The first kappa shape index (κ1) is 26.6. The molecule has 0 heterocycles. The molecular formula is C26H41NO4S. The highest BCUT2D eigenvalue weighted by Gasteiger charge is 2.36. The van der Waals surface area contributed by atoms with E-state index in [1.54, 1.807) is 20.8 Å². The Balaban J connectivity index is 2.22. The van der Waals surface area contributed by atoms with Gasteiger partial charge in [-0.2, -0.15) is 0 Å². The Morgan fingerprint density at radius 3 is 2.16 bits per heavy atom. The summed E-state index contributed by atoms with van der Waals surface area (Å²) in [5.74, 6) is -1.17. The maximum Gasteiger partial charge on any atom is 0.225 e. The Labute approximate surface area is 194 Å². The quantitative estimate of drug-likeness (QED) is 0.501. The number of hydrogen-bond acceptors (Lipinski definition) is 4. The smallest absolute Gasteiger partial charge is 0.225 e. The van der Waals surface area contributed by atoms with Crippen molar-refractivity contribution in [3.05, 3.63) is 35.9 Å². The predicted octanol–water partition coefficient (Wildman–Crippen LogP) is 4.88. The molecule has 6 heteroatoms. The van der Waals surface area contributed by atoms with E-state index in [9.17, 15) is 18.0 Å². The highest BCUT2D eigenvalue weighted by molar-refractivity contribution is 7.92. The normalized spacial score (nSPS) is 17.9. The number of Topliss-reactive ketones (excluding diaryl/α,β-unsaturated/α-hetero) is 1. The van der Waals surface area contributed by atoms with Gasteiger partial charge in [-0.15, -0.1) is 0 Å². The van der Waals surface area contributed by atoms with Gasteiger partial charge in [0.2, 0.25) is 5.91 Å². The zero-order valence-electron chi connectivity index (χ0n) is 20.2. The fourth-order valence-electron chi connectivity index (χ4n) is 4.35. The van der Waals surface area contributed by atoms with E-state index in [1.807, 2.05) is 37.3 Å². The first-order valence-corrected chi connectivity index (χ1v) is 13.8. The van der Waals surface area contributed by atoms with Crippen molar-refractivity contribution in [2.75, 3.05) is 5.75 Å². The lowest BCUT2D eigenvalue weighted by Crippen LogP contribution is -2.48. The number of hydrogen-bond donors (Lipinski definition) is 1. The van der Waals surface area contributed by atoms with Crippen molar-refractivity contribution >= 4 is 21.5 Å². The fraction of sp³-hybridized carbons (Fsp3) is 0.692. The molecule has 1 aliphatic carbocycles. The average Bonchev–Trinajstić information content (AvgIpc) is 3.01. The van der Waals surface area contributed by atoms with Gasteiger partial charge in [-0.05, 0) is 52.0 Å². The van der Waals surface area contributed by atoms with Crippen LogP contribution < -0.4 is 5.32 Å². The Morgan fingerprint density at radius 1 is 1.03 bits per heavy atom. The molecule has 0 bridgehead atoms. The third-order valence-electron chi connectivity index (χ3n) is 6.54. The second kappa shape index (κ2) is 12.0. The topological polar surface area (TPSA) is 80.3 Å². The van der Waals surface area contributed by atoms with Crippen LogP contribution in [0.2, 0.25) is 0 Å². The van der Waals surface area contributed by atoms with Crippen molar-refractivity contribution < 1.29 is 18.0 Å². The lowest BCUT2D eigenvalue weighted by Gasteiger charge is -2.27. The largest absolute Gasteiger partial charge is 0.346 e. The zero-order chi connectivity index (χ0) is 23.8. The minimum Gasteiger partial charge on any atom is -0.346 e. The van der Waals surface area contributed by atoms with Gasteiger partial charge in [0.25, 0.3) is 0 Å². The monoisotopic (exact) mass is 463 g/mol. The molecule has 5 nitrogen and oxygen atoms in total. The summed E-state index contributed by atoms with van der Waals surface area (Å²) in [6.07, 6.45) is 7.93. The highest BCUT2D eigenvalue weighted by atomic mass is 32.2. The lowest BCUT2D eigenvalue weighted by atomic mass is 9.89. The number of sulfone groups is 1. The van der Waals surface area contributed by atoms with Gasteiger partial charge in [0, 0.05) is 5.92 Å². The van der Waals surface area contributed by atoms with Gasteiger partial charge in [0.1, 0.15) is 0 Å². The molecule has 1 N–H and O–H groups in total. The Bertz CT molecular complexity index is 834. The van der Waals surface area contributed by atoms with Crippen LogP contribution >= 0.6 is 0 Å². The number of ketones is 1. The second-order valence-electron chi connectivity index (χ2n) is 10.2. The van der Waals surface area contributed by atoms with Crippen LogP contribution in [-0.2, 0) is 25.8 Å². The van der Waals surface area contributed by atoms with E-state index >= 15 is 0 Å². The molecule has 1 aromatic carbocycles. The van der Waals surface area contributed by atoms with E-state index in [0.29, 0.717) is 12.8 Å². The maximum absolute atomic E-state index is 13.4. The Hall–Kier alpha value is -1.69. The molecule has 0 spiro atoms. The van der Waals surface area contributed by atoms with Gasteiger partial charge in [0.15, 0.2) is 15.6 Å². The van der Waals surface area contributed by atoms with Gasteiger partial charge < -0.3 is 5.32 Å². The molecule has 1 saturated carbocycles. The zero-order valence-corrected chi connectivity index (χ0v) is 21.0. The molecule has 1 fully saturated rings. The van der Waals surface area contributed by atoms with E-state index in [2.05, 4.69) is 5.32 Å². The SMILES string of the molecule is CCC[C@H](NC(=O)C(Cc1ccccc1)CS(=O)(=O)C(C)(C)C)C(=O)C1CCCCCC1. The van der Waals surface area contributed by atoms with Crippen LogP contribution in [0, 0.1) is 11.8 Å². The van der Waals surface area contributed by atoms with Crippen LogP contribution in [-0.4, -0.2) is 36.6 Å². The molecule has 0 saturated heterocycles. The molecule has 32 heavy (non-hydrogen) atoms. The molecule has 1 amide bonds. The molecule has 180 valence electrons. The van der Waals surface area contributed by atoms with Gasteiger partial charge in [-0.25, -0.2) is 8.42 Å². The van der Waals surface area contributed by atoms with Crippen LogP contribution in [0.1, 0.15) is 84.6 Å². The number of carbonyl (C=O) groups is 2. The summed E-state index contributed by atoms with van der Waals surface area (Å²) < 4.78 is 24.9. The molecule has 2 atom stereocenters. The number of benzene rings is 1. The Kier molecular flexibility index (Phi) is 9.93. The summed E-state index contributed by atoms with van der Waals surface area (Å²) in [6.45, 7) is 6.99. The number of rotatable bonds is 10. The van der Waals surface area contributed by atoms with Gasteiger partial charge in [-0.1, -0.05) is 69.4 Å². The Morgan fingerprint density at radius 2 is 1.62 bits per heavy atom. The third kappa shape index (κ3) is 7.72. The summed E-state index contributed by atoms with van der Waals surface area (Å²) >= 11 is 0. The molecule has 0 aliphatic heterocycles. The van der Waals surface area contributed by atoms with Crippen LogP contribution in [0.25, 0.3) is 0 Å². The van der Waals surface area contributed by atoms with Crippen molar-refractivity contribution in [3.63, 3.8) is 0 Å². The summed E-state index contributed by atoms with van der Waals surface area (Å²) in [6, 6.07) is 8.95. The highest BCUT2D eigenvalue weighted by Crippen LogP contribution is 2.26. The van der Waals surface area contributed by atoms with Gasteiger partial charge in [-0.3, -0.25) is 9.59 Å². The third-order valence-corrected chi connectivity index (χ3v) is 9.25. The molecule has 1 unspecified atom stereocenters. The van der Waals surface area contributed by atoms with E-state index in [-0.39, 0.29) is 23.4 Å². The van der Waals surface area contributed by atoms with Crippen molar-refractivity contribution in [2.24, 2.45) is 11.8 Å². The average molecular weight is 464 g/mol. The van der Waals surface area contributed by atoms with Crippen LogP contribution in [0.4, 0.5) is 0 Å². The summed E-state index contributed by atoms with van der Waals surface area (Å²) in [4.78, 5) is 26.6. The second-order valence-corrected chi connectivity index (χ2v) is 13.0. The molecule has 1 aliphatic rings. The van der Waals surface area contributed by atoms with Crippen LogP contribution in [0.3, 0.4) is 0 Å². The van der Waals surface area contributed by atoms with Crippen molar-refractivity contribution in [2.45, 2.75) is 96.3 Å². The summed E-state index contributed by atoms with van der Waals surface area (Å²) in [5.41, 5.74) is 0.916. The summed E-state index contributed by atoms with van der Waals surface area (Å²) in [7, 11) is -3.50. The molecule has 2 rings (SSSR count). The number of carbonyl (C=O) groups excluding carboxylic acids is 2. The number of amides is 1. The molecule has 0 aromatic heterocycles. The fourth-order valence-corrected chi connectivity index (χ4v) is 5.65. The van der Waals surface area contributed by atoms with Crippen molar-refractivity contribution in [1.82, 2.24) is 5.32 Å². The standard InChI is InChI=1S/C26H41NO4S/c1-5-13-23(24(28)21-16-11-6-7-12-17-21)27-25(29)22(18-20-14-9-8-10-15-20)19-32(30,31)26(2,3)4/h8-10,14-15,21-23H,5-7,11-13,16-19H2,1-4H3,(H,27,29)/t22?,23-/m0/s1. The maximum atomic E-state index is 13.4. The minimum absolute atomic E-state index is 0.000214. The lowest BCUT2D eigenvalue weighted by molar-refractivity contribution is -0.132. The van der Waals surface area contributed by atoms with Crippen LogP contribution in [0.5, 0.6) is 0 Å². The van der Waals surface area contributed by atoms with E-state index < -0.39 is 26.5 Å². The van der Waals surface area contributed by atoms with Crippen molar-refractivity contribution in [1.29, 1.82) is 0 Å². The molecule has 1 aromatic rings. The minimum atomic E-state index is -3.50. The van der Waals surface area contributed by atoms with Crippen LogP contribution in [0.15, 0.2) is 30.3 Å². The van der Waals surface area contributed by atoms with Crippen molar-refractivity contribution in [3.8, 4) is 0 Å². The predicted molar refractivity (Wildman–Crippen MR) is 130 cm³/mol. The van der Waals surface area contributed by atoms with E-state index in [4.69, 9.17) is 0 Å². The first-order chi connectivity index (χ1) is 15.0. The first-order valence-electron chi connectivity index (χ1n) is 12.2. The van der Waals surface area contributed by atoms with E-state index in [0.717, 1.165) is 37.7 Å².